The van der Waals surface area contributed by atoms with Gasteiger partial charge in [-0.1, -0.05) is 6.42 Å². The van der Waals surface area contributed by atoms with Crippen molar-refractivity contribution in [1.29, 1.82) is 0 Å². The van der Waals surface area contributed by atoms with Crippen LogP contribution in [0, 0.1) is 0 Å². The summed E-state index contributed by atoms with van der Waals surface area (Å²) in [7, 11) is -3.52. The second-order valence-electron chi connectivity index (χ2n) is 4.47. The van der Waals surface area contributed by atoms with Crippen LogP contribution in [0.4, 0.5) is 0 Å². The summed E-state index contributed by atoms with van der Waals surface area (Å²) in [6.45, 7) is -0.500. The first-order valence-electron chi connectivity index (χ1n) is 5.88. The lowest BCUT2D eigenvalue weighted by Gasteiger charge is -2.33. The molecule has 0 spiro atoms. The third kappa shape index (κ3) is 4.15. The molecular weight excluding hydrogens is 276 g/mol. The van der Waals surface area contributed by atoms with E-state index in [0.717, 1.165) is 10.6 Å². The molecule has 2 atom stereocenters. The van der Waals surface area contributed by atoms with Crippen molar-refractivity contribution in [2.75, 3.05) is 19.4 Å². The Morgan fingerprint density at radius 2 is 2.05 bits per heavy atom. The molecule has 19 heavy (non-hydrogen) atoms. The maximum atomic E-state index is 11.9. The van der Waals surface area contributed by atoms with Crippen molar-refractivity contribution in [1.82, 2.24) is 9.62 Å². The fourth-order valence-corrected chi connectivity index (χ4v) is 3.14. The van der Waals surface area contributed by atoms with Crippen LogP contribution in [-0.2, 0) is 19.6 Å². The van der Waals surface area contributed by atoms with E-state index in [0.29, 0.717) is 19.3 Å². The number of carbonyl (C=O) groups excluding carboxylic acids is 1. The maximum absolute atomic E-state index is 11.9. The highest BCUT2D eigenvalue weighted by molar-refractivity contribution is 7.88. The summed E-state index contributed by atoms with van der Waals surface area (Å²) in [5.74, 6) is -2.05. The Labute approximate surface area is 111 Å². The van der Waals surface area contributed by atoms with Gasteiger partial charge >= 0.3 is 5.97 Å². The Balaban J connectivity index is 2.81. The van der Waals surface area contributed by atoms with E-state index in [-0.39, 0.29) is 6.54 Å². The van der Waals surface area contributed by atoms with Crippen molar-refractivity contribution in [3.8, 4) is 0 Å². The number of nitrogens with zero attached hydrogens (tertiary/aromatic N) is 1. The Bertz CT molecular complexity index is 449. The highest BCUT2D eigenvalue weighted by Crippen LogP contribution is 2.20. The molecule has 1 aliphatic rings. The van der Waals surface area contributed by atoms with E-state index in [1.165, 1.54) is 0 Å². The number of aliphatic hydroxyl groups is 1. The van der Waals surface area contributed by atoms with E-state index in [4.69, 9.17) is 10.2 Å². The van der Waals surface area contributed by atoms with Crippen LogP contribution in [0.25, 0.3) is 0 Å². The second-order valence-corrected chi connectivity index (χ2v) is 6.40. The number of aliphatic hydroxyl groups excluding tert-OH is 1. The fraction of sp³-hybridized carbons (Fsp3) is 0.800. The molecule has 0 aromatic heterocycles. The minimum Gasteiger partial charge on any atom is -0.480 e. The maximum Gasteiger partial charge on any atom is 0.328 e. The van der Waals surface area contributed by atoms with Gasteiger partial charge in [-0.2, -0.15) is 4.31 Å². The van der Waals surface area contributed by atoms with Crippen LogP contribution in [0.1, 0.15) is 19.3 Å². The van der Waals surface area contributed by atoms with E-state index >= 15 is 0 Å². The molecule has 1 amide bonds. The summed E-state index contributed by atoms with van der Waals surface area (Å²) in [5, 5.41) is 19.7. The molecule has 1 fully saturated rings. The Morgan fingerprint density at radius 1 is 1.42 bits per heavy atom. The van der Waals surface area contributed by atoms with Crippen molar-refractivity contribution in [3.63, 3.8) is 0 Å². The van der Waals surface area contributed by atoms with Crippen molar-refractivity contribution in [2.24, 2.45) is 0 Å². The molecule has 1 aliphatic heterocycles. The molecule has 8 nitrogen and oxygen atoms in total. The number of carboxylic acids is 1. The van der Waals surface area contributed by atoms with E-state index in [9.17, 15) is 18.0 Å². The van der Waals surface area contributed by atoms with Gasteiger partial charge in [0.05, 0.1) is 12.9 Å². The first kappa shape index (κ1) is 15.9. The zero-order valence-electron chi connectivity index (χ0n) is 10.6. The minimum atomic E-state index is -3.52. The van der Waals surface area contributed by atoms with Crippen molar-refractivity contribution in [3.05, 3.63) is 0 Å². The van der Waals surface area contributed by atoms with E-state index in [1.54, 1.807) is 0 Å². The second kappa shape index (κ2) is 6.31. The topological polar surface area (TPSA) is 124 Å². The molecule has 110 valence electrons. The number of piperidine rings is 1. The van der Waals surface area contributed by atoms with Crippen molar-refractivity contribution in [2.45, 2.75) is 31.3 Å². The van der Waals surface area contributed by atoms with Gasteiger partial charge in [0.2, 0.25) is 15.9 Å². The highest BCUT2D eigenvalue weighted by Gasteiger charge is 2.35. The first-order chi connectivity index (χ1) is 8.77. The molecule has 1 unspecified atom stereocenters. The van der Waals surface area contributed by atoms with Crippen LogP contribution in [0.15, 0.2) is 0 Å². The molecule has 0 aliphatic carbocycles. The van der Waals surface area contributed by atoms with Crippen LogP contribution in [0.3, 0.4) is 0 Å². The molecule has 1 saturated heterocycles. The number of rotatable bonds is 5. The van der Waals surface area contributed by atoms with E-state index < -0.39 is 40.6 Å². The van der Waals surface area contributed by atoms with Crippen LogP contribution >= 0.6 is 0 Å². The normalized spacial score (nSPS) is 22.7. The van der Waals surface area contributed by atoms with Gasteiger partial charge in [-0.15, -0.1) is 0 Å². The number of amides is 1. The average molecular weight is 294 g/mol. The molecule has 3 N–H and O–H groups in total. The summed E-state index contributed by atoms with van der Waals surface area (Å²) in [6.07, 6.45) is 2.72. The molecule has 0 aromatic carbocycles. The van der Waals surface area contributed by atoms with E-state index in [2.05, 4.69) is 5.32 Å². The van der Waals surface area contributed by atoms with Gasteiger partial charge in [0.15, 0.2) is 0 Å². The van der Waals surface area contributed by atoms with Gasteiger partial charge in [0.25, 0.3) is 0 Å². The van der Waals surface area contributed by atoms with Crippen LogP contribution in [0.5, 0.6) is 0 Å². The fourth-order valence-electron chi connectivity index (χ4n) is 2.02. The molecule has 9 heteroatoms. The predicted octanol–water partition coefficient (Wildman–Crippen LogP) is -1.64. The van der Waals surface area contributed by atoms with Gasteiger partial charge in [0.1, 0.15) is 12.1 Å². The van der Waals surface area contributed by atoms with Crippen LogP contribution in [0.2, 0.25) is 0 Å². The zero-order chi connectivity index (χ0) is 14.6. The summed E-state index contributed by atoms with van der Waals surface area (Å²) in [6, 6.07) is -2.33. The SMILES string of the molecule is CS(=O)(=O)N1CCCCC1C(=O)N[C@@H](CO)C(=O)O. The molecule has 0 saturated carbocycles. The Kier molecular flexibility index (Phi) is 5.27. The lowest BCUT2D eigenvalue weighted by Crippen LogP contribution is -2.55. The number of hydrogen-bond donors (Lipinski definition) is 3. The third-order valence-electron chi connectivity index (χ3n) is 2.98. The van der Waals surface area contributed by atoms with Gasteiger partial charge in [0, 0.05) is 6.54 Å². The van der Waals surface area contributed by atoms with Crippen molar-refractivity contribution < 1.29 is 28.2 Å². The van der Waals surface area contributed by atoms with E-state index in [1.807, 2.05) is 0 Å². The zero-order valence-corrected chi connectivity index (χ0v) is 11.4. The number of sulfonamides is 1. The van der Waals surface area contributed by atoms with Crippen molar-refractivity contribution >= 4 is 21.9 Å². The average Bonchev–Trinajstić information content (AvgIpc) is 2.34. The van der Waals surface area contributed by atoms with Crippen LogP contribution < -0.4 is 5.32 Å². The van der Waals surface area contributed by atoms with Gasteiger partial charge in [-0.3, -0.25) is 4.79 Å². The number of nitrogens with one attached hydrogen (secondary N) is 1. The molecule has 0 radical (unpaired) electrons. The predicted molar refractivity (Wildman–Crippen MR) is 65.8 cm³/mol. The Hall–Kier alpha value is -1.19. The van der Waals surface area contributed by atoms with Gasteiger partial charge in [-0.05, 0) is 12.8 Å². The Morgan fingerprint density at radius 3 is 2.53 bits per heavy atom. The number of carboxylic acid groups (broad SMARTS) is 1. The molecule has 0 aromatic rings. The molecule has 1 heterocycles. The van der Waals surface area contributed by atoms with Crippen LogP contribution in [-0.4, -0.2) is 66.3 Å². The molecule has 1 rings (SSSR count). The monoisotopic (exact) mass is 294 g/mol. The summed E-state index contributed by atoms with van der Waals surface area (Å²) in [5.41, 5.74) is 0. The lowest BCUT2D eigenvalue weighted by atomic mass is 10.0. The summed E-state index contributed by atoms with van der Waals surface area (Å²) >= 11 is 0. The lowest BCUT2D eigenvalue weighted by molar-refractivity contribution is -0.143. The highest BCUT2D eigenvalue weighted by atomic mass is 32.2. The number of aliphatic carboxylic acids is 1. The summed E-state index contributed by atoms with van der Waals surface area (Å²) in [4.78, 5) is 22.7. The molecule has 0 bridgehead atoms. The summed E-state index contributed by atoms with van der Waals surface area (Å²) < 4.78 is 24.2. The third-order valence-corrected chi connectivity index (χ3v) is 4.27. The smallest absolute Gasteiger partial charge is 0.328 e. The van der Waals surface area contributed by atoms with Gasteiger partial charge < -0.3 is 15.5 Å². The standard InChI is InChI=1S/C10H18N2O6S/c1-19(17,18)12-5-3-2-4-8(12)9(14)11-7(6-13)10(15)16/h7-8,13H,2-6H2,1H3,(H,11,14)(H,15,16)/t7-,8?/m0/s1. The quantitative estimate of drug-likeness (QED) is 0.559. The number of carbonyl (C=O) groups is 2. The molecular formula is C10H18N2O6S. The first-order valence-corrected chi connectivity index (χ1v) is 7.73. The minimum absolute atomic E-state index is 0.244. The van der Waals surface area contributed by atoms with Gasteiger partial charge in [-0.25, -0.2) is 13.2 Å². The largest absolute Gasteiger partial charge is 0.480 e. The number of hydrogen-bond acceptors (Lipinski definition) is 5.